The van der Waals surface area contributed by atoms with Crippen LogP contribution < -0.4 is 11.1 Å². The average molecular weight is 330 g/mol. The summed E-state index contributed by atoms with van der Waals surface area (Å²) in [5, 5.41) is 6.74. The van der Waals surface area contributed by atoms with Crippen molar-refractivity contribution < 1.29 is 9.59 Å². The first-order valence-corrected chi connectivity index (χ1v) is 8.28. The second kappa shape index (κ2) is 10.3. The molecule has 24 heavy (non-hydrogen) atoms. The lowest BCUT2D eigenvalue weighted by atomic mass is 10.1. The molecule has 2 aromatic rings. The molecule has 1 amide bonds. The molecule has 1 aromatic carbocycles. The minimum atomic E-state index is -0.716. The van der Waals surface area contributed by atoms with Gasteiger partial charge in [-0.3, -0.25) is 9.59 Å². The summed E-state index contributed by atoms with van der Waals surface area (Å²) in [5.41, 5.74) is 7.49. The lowest BCUT2D eigenvalue weighted by Gasteiger charge is -2.10. The Morgan fingerprint density at radius 1 is 1.25 bits per heavy atom. The highest BCUT2D eigenvalue weighted by atomic mass is 16.2. The molecule has 3 N–H and O–H groups in total. The Bertz CT molecular complexity index is 621. The molecule has 130 valence electrons. The number of benzene rings is 1. The van der Waals surface area contributed by atoms with Gasteiger partial charge in [0.1, 0.15) is 0 Å². The van der Waals surface area contributed by atoms with Crippen LogP contribution in [0, 0.1) is 0 Å². The minimum Gasteiger partial charge on any atom is -0.345 e. The molecule has 6 heteroatoms. The van der Waals surface area contributed by atoms with Gasteiger partial charge in [0, 0.05) is 18.9 Å². The fraction of sp³-hybridized carbons (Fsp3) is 0.389. The van der Waals surface area contributed by atoms with E-state index in [0.717, 1.165) is 17.7 Å². The molecule has 0 fully saturated rings. The van der Waals surface area contributed by atoms with Crippen LogP contribution in [0.1, 0.15) is 39.2 Å². The van der Waals surface area contributed by atoms with Crippen molar-refractivity contribution in [3.63, 3.8) is 0 Å². The molecule has 0 aliphatic heterocycles. The summed E-state index contributed by atoms with van der Waals surface area (Å²) in [6.07, 6.45) is 4.85. The van der Waals surface area contributed by atoms with Crippen LogP contribution in [-0.2, 0) is 16.1 Å². The fourth-order valence-corrected chi connectivity index (χ4v) is 2.07. The zero-order chi connectivity index (χ0) is 17.9. The monoisotopic (exact) mass is 330 g/mol. The molecule has 0 spiro atoms. The van der Waals surface area contributed by atoms with E-state index in [0.29, 0.717) is 13.0 Å². The summed E-state index contributed by atoms with van der Waals surface area (Å²) >= 11 is 0. The van der Waals surface area contributed by atoms with Gasteiger partial charge in [-0.05, 0) is 30.2 Å². The molecule has 2 rings (SSSR count). The van der Waals surface area contributed by atoms with Gasteiger partial charge in [0.05, 0.1) is 11.7 Å². The van der Waals surface area contributed by atoms with E-state index < -0.39 is 17.7 Å². The van der Waals surface area contributed by atoms with Crippen LogP contribution in [0.25, 0.3) is 5.69 Å². The molecule has 1 unspecified atom stereocenters. The van der Waals surface area contributed by atoms with Gasteiger partial charge in [-0.25, -0.2) is 4.68 Å². The van der Waals surface area contributed by atoms with Crippen molar-refractivity contribution in [3.05, 3.63) is 48.3 Å². The molecule has 1 aromatic heterocycles. The molecule has 0 bridgehead atoms. The predicted octanol–water partition coefficient (Wildman–Crippen LogP) is 2.21. The maximum Gasteiger partial charge on any atom is 0.289 e. The molecule has 0 radical (unpaired) electrons. The van der Waals surface area contributed by atoms with E-state index in [2.05, 4.69) is 10.4 Å². The third kappa shape index (κ3) is 5.62. The van der Waals surface area contributed by atoms with Crippen molar-refractivity contribution in [1.29, 1.82) is 0 Å². The van der Waals surface area contributed by atoms with E-state index >= 15 is 0 Å². The Morgan fingerprint density at radius 2 is 1.92 bits per heavy atom. The van der Waals surface area contributed by atoms with Crippen LogP contribution in [0.3, 0.4) is 0 Å². The minimum absolute atomic E-state index is 0.294. The van der Waals surface area contributed by atoms with Gasteiger partial charge in [-0.1, -0.05) is 39.3 Å². The molecule has 0 saturated heterocycles. The number of rotatable bonds is 7. The number of Topliss-reactive ketones (excluding diaryl/α,β-unsaturated/α-hetero) is 1. The number of nitrogens with two attached hydrogens (primary N) is 1. The molecule has 0 aliphatic rings. The fourth-order valence-electron chi connectivity index (χ4n) is 2.07. The number of amides is 1. The van der Waals surface area contributed by atoms with Crippen LogP contribution in [0.5, 0.6) is 0 Å². The van der Waals surface area contributed by atoms with E-state index in [4.69, 9.17) is 5.73 Å². The smallest absolute Gasteiger partial charge is 0.289 e. The van der Waals surface area contributed by atoms with Crippen LogP contribution in [-0.4, -0.2) is 27.5 Å². The second-order valence-corrected chi connectivity index (χ2v) is 5.06. The molecule has 6 nitrogen and oxygen atoms in total. The first-order valence-electron chi connectivity index (χ1n) is 8.28. The van der Waals surface area contributed by atoms with Gasteiger partial charge in [-0.15, -0.1) is 0 Å². The number of nitrogens with one attached hydrogen (secondary N) is 1. The first kappa shape index (κ1) is 19.6. The number of ketones is 1. The Hall–Kier alpha value is -2.47. The summed E-state index contributed by atoms with van der Waals surface area (Å²) < 4.78 is 1.75. The number of nitrogens with zero attached hydrogens (tertiary/aromatic N) is 2. The standard InChI is InChI=1S/C16H20N4O2.C2H6/c1-2-4-14(17)15(21)16(22)18-11-12-5-7-13(8-6-12)20-10-3-9-19-20;1-2/h3,5-10,14H,2,4,11,17H2,1H3,(H,18,22);1-2H3. The van der Waals surface area contributed by atoms with E-state index in [1.54, 1.807) is 10.9 Å². The SMILES string of the molecule is CC.CCCC(N)C(=O)C(=O)NCc1ccc(-n2cccn2)cc1. The summed E-state index contributed by atoms with van der Waals surface area (Å²) in [5.74, 6) is -1.19. The number of aromatic nitrogens is 2. The highest BCUT2D eigenvalue weighted by Crippen LogP contribution is 2.08. The van der Waals surface area contributed by atoms with E-state index in [9.17, 15) is 9.59 Å². The topological polar surface area (TPSA) is 90.0 Å². The molecular weight excluding hydrogens is 304 g/mol. The lowest BCUT2D eigenvalue weighted by Crippen LogP contribution is -2.42. The number of hydrogen-bond donors (Lipinski definition) is 2. The van der Waals surface area contributed by atoms with Gasteiger partial charge in [-0.2, -0.15) is 5.10 Å². The summed E-state index contributed by atoms with van der Waals surface area (Å²) in [7, 11) is 0. The molecular formula is C18H26N4O2. The second-order valence-electron chi connectivity index (χ2n) is 5.06. The van der Waals surface area contributed by atoms with Gasteiger partial charge in [0.2, 0.25) is 5.78 Å². The normalized spacial score (nSPS) is 11.2. The average Bonchev–Trinajstić information content (AvgIpc) is 3.16. The van der Waals surface area contributed by atoms with Crippen molar-refractivity contribution in [3.8, 4) is 5.69 Å². The third-order valence-electron chi connectivity index (χ3n) is 3.32. The van der Waals surface area contributed by atoms with E-state index in [-0.39, 0.29) is 0 Å². The van der Waals surface area contributed by atoms with Crippen molar-refractivity contribution in [2.75, 3.05) is 0 Å². The summed E-state index contributed by atoms with van der Waals surface area (Å²) in [4.78, 5) is 23.4. The van der Waals surface area contributed by atoms with Crippen LogP contribution >= 0.6 is 0 Å². The van der Waals surface area contributed by atoms with Gasteiger partial charge in [0.25, 0.3) is 5.91 Å². The zero-order valence-electron chi connectivity index (χ0n) is 14.5. The lowest BCUT2D eigenvalue weighted by molar-refractivity contribution is -0.138. The maximum absolute atomic E-state index is 11.7. The van der Waals surface area contributed by atoms with Crippen LogP contribution in [0.2, 0.25) is 0 Å². The van der Waals surface area contributed by atoms with Crippen molar-refractivity contribution in [2.24, 2.45) is 5.73 Å². The number of hydrogen-bond acceptors (Lipinski definition) is 4. The predicted molar refractivity (Wildman–Crippen MR) is 94.6 cm³/mol. The van der Waals surface area contributed by atoms with Crippen molar-refractivity contribution >= 4 is 11.7 Å². The number of carbonyl (C=O) groups is 2. The number of carbonyl (C=O) groups excluding carboxylic acids is 2. The van der Waals surface area contributed by atoms with Gasteiger partial charge < -0.3 is 11.1 Å². The molecule has 0 aliphatic carbocycles. The third-order valence-corrected chi connectivity index (χ3v) is 3.32. The van der Waals surface area contributed by atoms with Gasteiger partial charge >= 0.3 is 0 Å². The highest BCUT2D eigenvalue weighted by Gasteiger charge is 2.20. The highest BCUT2D eigenvalue weighted by molar-refractivity contribution is 6.38. The molecule has 1 atom stereocenters. The molecule has 1 heterocycles. The Morgan fingerprint density at radius 3 is 2.46 bits per heavy atom. The zero-order valence-corrected chi connectivity index (χ0v) is 14.5. The maximum atomic E-state index is 11.7. The van der Waals surface area contributed by atoms with Crippen LogP contribution in [0.4, 0.5) is 0 Å². The van der Waals surface area contributed by atoms with Crippen molar-refractivity contribution in [2.45, 2.75) is 46.2 Å². The van der Waals surface area contributed by atoms with Crippen molar-refractivity contribution in [1.82, 2.24) is 15.1 Å². The Labute approximate surface area is 143 Å². The van der Waals surface area contributed by atoms with Crippen LogP contribution in [0.15, 0.2) is 42.7 Å². The van der Waals surface area contributed by atoms with Gasteiger partial charge in [0.15, 0.2) is 0 Å². The van der Waals surface area contributed by atoms with E-state index in [1.165, 1.54) is 0 Å². The van der Waals surface area contributed by atoms with E-state index in [1.807, 2.05) is 57.3 Å². The summed E-state index contributed by atoms with van der Waals surface area (Å²) in [6.45, 7) is 6.22. The Balaban J connectivity index is 0.00000139. The molecule has 0 saturated carbocycles. The Kier molecular flexibility index (Phi) is 8.43. The summed E-state index contributed by atoms with van der Waals surface area (Å²) in [6, 6.07) is 8.70. The largest absolute Gasteiger partial charge is 0.345 e. The quantitative estimate of drug-likeness (QED) is 0.762. The first-order chi connectivity index (χ1) is 11.6.